The van der Waals surface area contributed by atoms with Crippen LogP contribution in [0.15, 0.2) is 12.3 Å². The summed E-state index contributed by atoms with van der Waals surface area (Å²) in [6, 6.07) is 2.10. The van der Waals surface area contributed by atoms with Crippen molar-refractivity contribution < 1.29 is 9.84 Å². The van der Waals surface area contributed by atoms with Gasteiger partial charge in [-0.2, -0.15) is 0 Å². The summed E-state index contributed by atoms with van der Waals surface area (Å²) in [5, 5.41) is 10.3. The van der Waals surface area contributed by atoms with Gasteiger partial charge in [0, 0.05) is 30.6 Å². The zero-order valence-corrected chi connectivity index (χ0v) is 12.1. The van der Waals surface area contributed by atoms with Gasteiger partial charge in [-0.15, -0.1) is 0 Å². The molecule has 2 atom stereocenters. The first-order valence-electron chi connectivity index (χ1n) is 7.53. The quantitative estimate of drug-likeness (QED) is 0.890. The summed E-state index contributed by atoms with van der Waals surface area (Å²) in [7, 11) is 0. The summed E-state index contributed by atoms with van der Waals surface area (Å²) in [4.78, 5) is 0. The van der Waals surface area contributed by atoms with E-state index < -0.39 is 0 Å². The zero-order chi connectivity index (χ0) is 13.5. The van der Waals surface area contributed by atoms with Crippen LogP contribution in [0.2, 0.25) is 0 Å². The minimum absolute atomic E-state index is 0.190. The van der Waals surface area contributed by atoms with Gasteiger partial charge in [-0.25, -0.2) is 0 Å². The molecule has 0 amide bonds. The maximum atomic E-state index is 10.3. The first kappa shape index (κ1) is 13.2. The van der Waals surface area contributed by atoms with Gasteiger partial charge in [0.15, 0.2) is 0 Å². The Bertz CT molecular complexity index is 444. The van der Waals surface area contributed by atoms with Crippen molar-refractivity contribution in [2.45, 2.75) is 64.7 Å². The largest absolute Gasteiger partial charge is 0.388 e. The van der Waals surface area contributed by atoms with Crippen LogP contribution < -0.4 is 0 Å². The highest BCUT2D eigenvalue weighted by Gasteiger charge is 2.33. The van der Waals surface area contributed by atoms with Crippen LogP contribution in [0.5, 0.6) is 0 Å². The molecule has 0 aromatic carbocycles. The summed E-state index contributed by atoms with van der Waals surface area (Å²) >= 11 is 0. The third-order valence-electron chi connectivity index (χ3n) is 4.54. The molecule has 1 fully saturated rings. The summed E-state index contributed by atoms with van der Waals surface area (Å²) in [5.74, 6) is 0. The third-order valence-corrected chi connectivity index (χ3v) is 4.54. The minimum Gasteiger partial charge on any atom is -0.388 e. The van der Waals surface area contributed by atoms with Crippen molar-refractivity contribution in [2.75, 3.05) is 6.61 Å². The number of nitrogens with zero attached hydrogens (tertiary/aromatic N) is 1. The van der Waals surface area contributed by atoms with Crippen molar-refractivity contribution in [3.8, 4) is 0 Å². The number of fused-ring (bicyclic) bond motifs is 1. The molecule has 3 nitrogen and oxygen atoms in total. The topological polar surface area (TPSA) is 34.4 Å². The number of aliphatic hydroxyl groups is 1. The highest BCUT2D eigenvalue weighted by Crippen LogP contribution is 2.41. The average molecular weight is 263 g/mol. The summed E-state index contributed by atoms with van der Waals surface area (Å²) in [5.41, 5.74) is 2.64. The summed E-state index contributed by atoms with van der Waals surface area (Å²) < 4.78 is 8.15. The van der Waals surface area contributed by atoms with Gasteiger partial charge in [-0.05, 0) is 43.6 Å². The molecule has 2 aliphatic rings. The third kappa shape index (κ3) is 2.72. The molecule has 1 aromatic rings. The number of ether oxygens (including phenoxy) is 1. The molecule has 3 heteroatoms. The molecule has 106 valence electrons. The Morgan fingerprint density at radius 3 is 3.00 bits per heavy atom. The molecule has 0 spiro atoms. The SMILES string of the molecule is CC1(C)Cc2c(ccn2CC2CCCCO2)C(O)C1. The highest BCUT2D eigenvalue weighted by atomic mass is 16.5. The minimum atomic E-state index is -0.299. The first-order chi connectivity index (χ1) is 9.05. The fourth-order valence-corrected chi connectivity index (χ4v) is 3.53. The molecule has 0 saturated carbocycles. The molecule has 1 aromatic heterocycles. The van der Waals surface area contributed by atoms with Crippen LogP contribution in [0.4, 0.5) is 0 Å². The van der Waals surface area contributed by atoms with Crippen molar-refractivity contribution in [2.24, 2.45) is 5.41 Å². The van der Waals surface area contributed by atoms with Crippen molar-refractivity contribution in [3.63, 3.8) is 0 Å². The number of aliphatic hydroxyl groups excluding tert-OH is 1. The molecule has 3 rings (SSSR count). The van der Waals surface area contributed by atoms with Gasteiger partial charge >= 0.3 is 0 Å². The maximum absolute atomic E-state index is 10.3. The Morgan fingerprint density at radius 1 is 1.42 bits per heavy atom. The van der Waals surface area contributed by atoms with Crippen LogP contribution in [0.3, 0.4) is 0 Å². The predicted molar refractivity (Wildman–Crippen MR) is 75.1 cm³/mol. The van der Waals surface area contributed by atoms with Crippen LogP contribution in [0.1, 0.15) is 56.9 Å². The van der Waals surface area contributed by atoms with E-state index in [1.165, 1.54) is 25.0 Å². The molecule has 2 unspecified atom stereocenters. The zero-order valence-electron chi connectivity index (χ0n) is 12.1. The smallest absolute Gasteiger partial charge is 0.0812 e. The van der Waals surface area contributed by atoms with E-state index in [1.54, 1.807) is 0 Å². The number of hydrogen-bond donors (Lipinski definition) is 1. The second-order valence-corrected chi connectivity index (χ2v) is 6.92. The van der Waals surface area contributed by atoms with Crippen molar-refractivity contribution in [1.29, 1.82) is 0 Å². The van der Waals surface area contributed by atoms with E-state index in [1.807, 2.05) is 0 Å². The maximum Gasteiger partial charge on any atom is 0.0812 e. The van der Waals surface area contributed by atoms with Gasteiger partial charge in [-0.3, -0.25) is 0 Å². The van der Waals surface area contributed by atoms with Gasteiger partial charge in [0.2, 0.25) is 0 Å². The molecule has 0 bridgehead atoms. The Hall–Kier alpha value is -0.800. The second kappa shape index (κ2) is 4.95. The number of aromatic nitrogens is 1. The van der Waals surface area contributed by atoms with E-state index in [2.05, 4.69) is 30.7 Å². The fraction of sp³-hybridized carbons (Fsp3) is 0.750. The first-order valence-corrected chi connectivity index (χ1v) is 7.53. The molecule has 0 radical (unpaired) electrons. The average Bonchev–Trinajstić information content (AvgIpc) is 2.72. The Morgan fingerprint density at radius 2 is 2.26 bits per heavy atom. The van der Waals surface area contributed by atoms with Gasteiger partial charge < -0.3 is 14.4 Å². The highest BCUT2D eigenvalue weighted by molar-refractivity contribution is 5.29. The number of rotatable bonds is 2. The summed E-state index contributed by atoms with van der Waals surface area (Å²) in [6.45, 7) is 6.33. The van der Waals surface area contributed by atoms with Gasteiger partial charge in [0.25, 0.3) is 0 Å². The normalized spacial score (nSPS) is 30.1. The lowest BCUT2D eigenvalue weighted by molar-refractivity contribution is 0.00488. The molecule has 1 N–H and O–H groups in total. The molecular weight excluding hydrogens is 238 g/mol. The lowest BCUT2D eigenvalue weighted by Crippen LogP contribution is -2.29. The van der Waals surface area contributed by atoms with Gasteiger partial charge in [-0.1, -0.05) is 13.8 Å². The van der Waals surface area contributed by atoms with Crippen LogP contribution in [-0.4, -0.2) is 22.4 Å². The van der Waals surface area contributed by atoms with Crippen molar-refractivity contribution in [1.82, 2.24) is 4.57 Å². The Labute approximate surface area is 115 Å². The molecule has 1 aliphatic heterocycles. The van der Waals surface area contributed by atoms with E-state index in [9.17, 15) is 5.11 Å². The van der Waals surface area contributed by atoms with E-state index in [0.29, 0.717) is 6.10 Å². The van der Waals surface area contributed by atoms with E-state index in [-0.39, 0.29) is 11.5 Å². The number of hydrogen-bond acceptors (Lipinski definition) is 2. The molecule has 2 heterocycles. The van der Waals surface area contributed by atoms with Gasteiger partial charge in [0.1, 0.15) is 0 Å². The van der Waals surface area contributed by atoms with Gasteiger partial charge in [0.05, 0.1) is 12.2 Å². The van der Waals surface area contributed by atoms with Crippen LogP contribution in [-0.2, 0) is 17.7 Å². The second-order valence-electron chi connectivity index (χ2n) is 6.92. The van der Waals surface area contributed by atoms with Crippen molar-refractivity contribution >= 4 is 0 Å². The standard InChI is InChI=1S/C16H25NO2/c1-16(2)9-14-13(15(18)10-16)6-7-17(14)11-12-5-3-4-8-19-12/h6-7,12,15,18H,3-5,8-11H2,1-2H3. The van der Waals surface area contributed by atoms with Crippen LogP contribution in [0.25, 0.3) is 0 Å². The van der Waals surface area contributed by atoms with E-state index >= 15 is 0 Å². The molecule has 1 aliphatic carbocycles. The van der Waals surface area contributed by atoms with Crippen molar-refractivity contribution in [3.05, 3.63) is 23.5 Å². The monoisotopic (exact) mass is 263 g/mol. The van der Waals surface area contributed by atoms with E-state index in [4.69, 9.17) is 4.74 Å². The lowest BCUT2D eigenvalue weighted by atomic mass is 9.75. The summed E-state index contributed by atoms with van der Waals surface area (Å²) in [6.07, 6.45) is 7.75. The van der Waals surface area contributed by atoms with E-state index in [0.717, 1.165) is 31.6 Å². The molecule has 1 saturated heterocycles. The van der Waals surface area contributed by atoms with Crippen LogP contribution >= 0.6 is 0 Å². The fourth-order valence-electron chi connectivity index (χ4n) is 3.53. The predicted octanol–water partition coefficient (Wildman–Crippen LogP) is 3.06. The molecular formula is C16H25NO2. The molecule has 19 heavy (non-hydrogen) atoms. The Kier molecular flexibility index (Phi) is 3.44. The lowest BCUT2D eigenvalue weighted by Gasteiger charge is -2.34. The Balaban J connectivity index is 1.80. The van der Waals surface area contributed by atoms with Crippen LogP contribution in [0, 0.1) is 5.41 Å².